The molecule has 0 saturated heterocycles. The van der Waals surface area contributed by atoms with Gasteiger partial charge in [0.15, 0.2) is 33.1 Å². The lowest BCUT2D eigenvalue weighted by Crippen LogP contribution is -1.98. The topological polar surface area (TPSA) is 113 Å². The standard InChI is InChI=1S/C28H15N7O2S2/c1-4-35-21(23-7-9-25(36-23)27-33-15-19(38-27)11-17(13-29)31-2)5-6-22(35)24-8-10-26(37-24)28-34-16-20(39-28)12-18(14-30)32-3/h5-12,15-16H,4H2,1H3/b17-11-,18-12+. The van der Waals surface area contributed by atoms with Gasteiger partial charge in [-0.3, -0.25) is 0 Å². The van der Waals surface area contributed by atoms with E-state index in [0.29, 0.717) is 49.4 Å². The van der Waals surface area contributed by atoms with Crippen LogP contribution in [-0.2, 0) is 6.54 Å². The summed E-state index contributed by atoms with van der Waals surface area (Å²) in [4.78, 5) is 16.5. The Labute approximate surface area is 231 Å². The molecule has 0 N–H and O–H groups in total. The van der Waals surface area contributed by atoms with Crippen molar-refractivity contribution in [1.82, 2.24) is 14.5 Å². The number of allylic oxidation sites excluding steroid dienone is 2. The first kappa shape index (κ1) is 25.2. The minimum absolute atomic E-state index is 0.0000824. The second kappa shape index (κ2) is 10.9. The van der Waals surface area contributed by atoms with Gasteiger partial charge in [-0.15, -0.1) is 22.7 Å². The van der Waals surface area contributed by atoms with Crippen LogP contribution in [0.3, 0.4) is 0 Å². The molecule has 5 aromatic heterocycles. The van der Waals surface area contributed by atoms with E-state index in [2.05, 4.69) is 24.2 Å². The monoisotopic (exact) mass is 545 g/mol. The van der Waals surface area contributed by atoms with E-state index in [0.717, 1.165) is 11.4 Å². The minimum atomic E-state index is 0.0000824. The molecule has 0 spiro atoms. The molecule has 0 fully saturated rings. The zero-order valence-electron chi connectivity index (χ0n) is 20.2. The van der Waals surface area contributed by atoms with Gasteiger partial charge in [0.2, 0.25) is 0 Å². The molecule has 0 aliphatic heterocycles. The Morgan fingerprint density at radius 2 is 1.26 bits per heavy atom. The Balaban J connectivity index is 1.41. The van der Waals surface area contributed by atoms with Crippen molar-refractivity contribution in [3.05, 3.63) is 92.8 Å². The van der Waals surface area contributed by atoms with E-state index in [1.807, 2.05) is 55.5 Å². The highest BCUT2D eigenvalue weighted by Crippen LogP contribution is 2.37. The summed E-state index contributed by atoms with van der Waals surface area (Å²) < 4.78 is 14.4. The molecule has 0 aliphatic rings. The van der Waals surface area contributed by atoms with E-state index in [1.165, 1.54) is 34.8 Å². The lowest BCUT2D eigenvalue weighted by atomic mass is 10.3. The fourth-order valence-corrected chi connectivity index (χ4v) is 5.43. The maximum atomic E-state index is 8.98. The minimum Gasteiger partial charge on any atom is -0.452 e. The molecule has 39 heavy (non-hydrogen) atoms. The summed E-state index contributed by atoms with van der Waals surface area (Å²) in [5, 5.41) is 19.3. The van der Waals surface area contributed by atoms with Crippen molar-refractivity contribution in [2.45, 2.75) is 13.5 Å². The summed E-state index contributed by atoms with van der Waals surface area (Å²) in [5.41, 5.74) is 1.75. The first-order valence-electron chi connectivity index (χ1n) is 11.4. The zero-order valence-corrected chi connectivity index (χ0v) is 21.9. The summed E-state index contributed by atoms with van der Waals surface area (Å²) in [5.74, 6) is 2.52. The van der Waals surface area contributed by atoms with Crippen LogP contribution in [-0.4, -0.2) is 14.5 Å². The van der Waals surface area contributed by atoms with Gasteiger partial charge in [0.1, 0.15) is 0 Å². The third-order valence-electron chi connectivity index (χ3n) is 5.51. The van der Waals surface area contributed by atoms with Gasteiger partial charge in [-0.05, 0) is 55.5 Å². The van der Waals surface area contributed by atoms with E-state index in [-0.39, 0.29) is 11.4 Å². The molecule has 5 aromatic rings. The van der Waals surface area contributed by atoms with Gasteiger partial charge in [-0.2, -0.15) is 0 Å². The maximum Gasteiger partial charge on any atom is 0.263 e. The number of hydrogen-bond acceptors (Lipinski definition) is 8. The highest BCUT2D eigenvalue weighted by molar-refractivity contribution is 7.16. The number of hydrogen-bond donors (Lipinski definition) is 0. The first-order valence-corrected chi connectivity index (χ1v) is 13.0. The average molecular weight is 546 g/mol. The van der Waals surface area contributed by atoms with Crippen LogP contribution in [0.5, 0.6) is 0 Å². The summed E-state index contributed by atoms with van der Waals surface area (Å²) in [6.45, 7) is 16.8. The van der Waals surface area contributed by atoms with Crippen LogP contribution in [0.25, 0.3) is 66.3 Å². The number of nitrogens with zero attached hydrogens (tertiary/aromatic N) is 7. The van der Waals surface area contributed by atoms with Crippen LogP contribution in [0, 0.1) is 35.8 Å². The lowest BCUT2D eigenvalue weighted by molar-refractivity contribution is 0.578. The van der Waals surface area contributed by atoms with Gasteiger partial charge in [0.05, 0.1) is 36.7 Å². The Hall–Kier alpha value is -5.46. The molecular formula is C28H15N7O2S2. The predicted molar refractivity (Wildman–Crippen MR) is 148 cm³/mol. The van der Waals surface area contributed by atoms with Crippen LogP contribution < -0.4 is 0 Å². The third kappa shape index (κ3) is 5.05. The molecule has 0 unspecified atom stereocenters. The maximum absolute atomic E-state index is 8.98. The Morgan fingerprint density at radius 3 is 1.64 bits per heavy atom. The zero-order chi connectivity index (χ0) is 27.4. The molecule has 186 valence electrons. The number of nitriles is 2. The van der Waals surface area contributed by atoms with E-state index >= 15 is 0 Å². The largest absolute Gasteiger partial charge is 0.452 e. The SMILES string of the molecule is [C-]#[N+]/C(C#N)=C\c1cnc(-c2ccc(-c3ccc(-c4ccc(-c5ncc(/C=C(\C#N)[N+]#[C-])s5)o4)n3CC)o2)s1. The number of furan rings is 2. The molecule has 0 atom stereocenters. The van der Waals surface area contributed by atoms with Gasteiger partial charge in [0.25, 0.3) is 11.4 Å². The Kier molecular flexibility index (Phi) is 7.03. The number of rotatable bonds is 7. The molecule has 0 radical (unpaired) electrons. The molecule has 5 heterocycles. The second-order valence-corrected chi connectivity index (χ2v) is 9.94. The van der Waals surface area contributed by atoms with Crippen molar-refractivity contribution in [1.29, 1.82) is 10.5 Å². The molecule has 5 rings (SSSR count). The summed E-state index contributed by atoms with van der Waals surface area (Å²) in [7, 11) is 0. The molecule has 9 nitrogen and oxygen atoms in total. The normalized spacial score (nSPS) is 11.5. The van der Waals surface area contributed by atoms with Gasteiger partial charge in [-0.25, -0.2) is 30.2 Å². The van der Waals surface area contributed by atoms with Crippen LogP contribution >= 0.6 is 22.7 Å². The van der Waals surface area contributed by atoms with Crippen molar-refractivity contribution >= 4 is 34.8 Å². The van der Waals surface area contributed by atoms with E-state index in [1.54, 1.807) is 12.4 Å². The van der Waals surface area contributed by atoms with Gasteiger partial charge >= 0.3 is 0 Å². The molecule has 0 amide bonds. The third-order valence-corrected chi connectivity index (χ3v) is 7.43. The highest BCUT2D eigenvalue weighted by atomic mass is 32.1. The second-order valence-electron chi connectivity index (χ2n) is 7.82. The molecule has 0 aromatic carbocycles. The molecule has 0 saturated carbocycles. The highest BCUT2D eigenvalue weighted by Gasteiger charge is 2.18. The van der Waals surface area contributed by atoms with Crippen molar-refractivity contribution < 1.29 is 8.83 Å². The van der Waals surface area contributed by atoms with Crippen LogP contribution in [0.4, 0.5) is 0 Å². The average Bonchev–Trinajstić information content (AvgIpc) is 3.78. The van der Waals surface area contributed by atoms with Crippen LogP contribution in [0.1, 0.15) is 16.7 Å². The van der Waals surface area contributed by atoms with E-state index < -0.39 is 0 Å². The quantitative estimate of drug-likeness (QED) is 0.152. The van der Waals surface area contributed by atoms with E-state index in [9.17, 15) is 0 Å². The van der Waals surface area contributed by atoms with Crippen molar-refractivity contribution in [2.24, 2.45) is 0 Å². The van der Waals surface area contributed by atoms with E-state index in [4.69, 9.17) is 32.5 Å². The lowest BCUT2D eigenvalue weighted by Gasteiger charge is -2.08. The van der Waals surface area contributed by atoms with Crippen molar-refractivity contribution in [3.8, 4) is 56.6 Å². The fourth-order valence-electron chi connectivity index (χ4n) is 3.80. The number of thiazole rings is 2. The Bertz CT molecular complexity index is 1750. The summed E-state index contributed by atoms with van der Waals surface area (Å²) in [6.07, 6.45) is 6.23. The van der Waals surface area contributed by atoms with Gasteiger partial charge in [-0.1, -0.05) is 0 Å². The molecule has 11 heteroatoms. The summed E-state index contributed by atoms with van der Waals surface area (Å²) in [6, 6.07) is 15.1. The molecule has 0 aliphatic carbocycles. The molecular weight excluding hydrogens is 530 g/mol. The summed E-state index contributed by atoms with van der Waals surface area (Å²) >= 11 is 2.67. The number of aromatic nitrogens is 3. The molecule has 0 bridgehead atoms. The van der Waals surface area contributed by atoms with Crippen LogP contribution in [0.15, 0.2) is 69.0 Å². The van der Waals surface area contributed by atoms with Crippen molar-refractivity contribution in [2.75, 3.05) is 0 Å². The predicted octanol–water partition coefficient (Wildman–Crippen LogP) is 7.84. The van der Waals surface area contributed by atoms with Crippen LogP contribution in [0.2, 0.25) is 0 Å². The smallest absolute Gasteiger partial charge is 0.263 e. The van der Waals surface area contributed by atoms with Gasteiger partial charge < -0.3 is 13.4 Å². The first-order chi connectivity index (χ1) is 19.1. The van der Waals surface area contributed by atoms with Crippen molar-refractivity contribution in [3.63, 3.8) is 0 Å². The fraction of sp³-hybridized carbons (Fsp3) is 0.0714. The Morgan fingerprint density at radius 1 is 0.821 bits per heavy atom. The van der Waals surface area contributed by atoms with Gasteiger partial charge in [0, 0.05) is 28.7 Å².